The van der Waals surface area contributed by atoms with E-state index in [4.69, 9.17) is 0 Å². The van der Waals surface area contributed by atoms with Crippen molar-refractivity contribution in [2.24, 2.45) is 9.98 Å². The van der Waals surface area contributed by atoms with Gasteiger partial charge >= 0.3 is 0 Å². The van der Waals surface area contributed by atoms with Crippen LogP contribution in [0.15, 0.2) is 34.3 Å². The number of aliphatic imine (C=N–C) groups is 2. The number of halogens is 1. The van der Waals surface area contributed by atoms with Gasteiger partial charge in [-0.25, -0.2) is 9.38 Å². The zero-order chi connectivity index (χ0) is 17.0. The fourth-order valence-electron chi connectivity index (χ4n) is 3.68. The number of likely N-dealkylation sites (tertiary alicyclic amines) is 1. The first-order chi connectivity index (χ1) is 11.6. The molecule has 128 valence electrons. The summed E-state index contributed by atoms with van der Waals surface area (Å²) in [7, 11) is 0. The third-order valence-corrected chi connectivity index (χ3v) is 5.13. The summed E-state index contributed by atoms with van der Waals surface area (Å²) >= 11 is 0. The second kappa shape index (κ2) is 7.24. The van der Waals surface area contributed by atoms with Crippen LogP contribution in [0.5, 0.6) is 0 Å². The zero-order valence-electron chi connectivity index (χ0n) is 14.1. The van der Waals surface area contributed by atoms with Gasteiger partial charge in [-0.05, 0) is 49.8 Å². The predicted octanol–water partition coefficient (Wildman–Crippen LogP) is 3.71. The highest BCUT2D eigenvalue weighted by Gasteiger charge is 2.34. The zero-order valence-corrected chi connectivity index (χ0v) is 14.1. The molecule has 1 fully saturated rings. The van der Waals surface area contributed by atoms with Crippen molar-refractivity contribution in [3.63, 3.8) is 0 Å². The number of carbonyl (C=O) groups is 1. The Morgan fingerprint density at radius 1 is 1.33 bits per heavy atom. The third kappa shape index (κ3) is 3.40. The summed E-state index contributed by atoms with van der Waals surface area (Å²) in [6, 6.07) is 6.68. The van der Waals surface area contributed by atoms with E-state index in [0.29, 0.717) is 18.9 Å². The highest BCUT2D eigenvalue weighted by molar-refractivity contribution is 5.88. The Morgan fingerprint density at radius 2 is 2.12 bits per heavy atom. The Kier molecular flexibility index (Phi) is 5.07. The lowest BCUT2D eigenvalue weighted by atomic mass is 9.87. The second-order valence-electron chi connectivity index (χ2n) is 6.60. The van der Waals surface area contributed by atoms with E-state index in [-0.39, 0.29) is 11.7 Å². The van der Waals surface area contributed by atoms with Gasteiger partial charge in [0.15, 0.2) is 0 Å². The molecule has 1 saturated heterocycles. The van der Waals surface area contributed by atoms with Crippen molar-refractivity contribution in [1.29, 1.82) is 0 Å². The van der Waals surface area contributed by atoms with Gasteiger partial charge < -0.3 is 4.90 Å². The van der Waals surface area contributed by atoms with Crippen LogP contribution in [0.2, 0.25) is 0 Å². The minimum absolute atomic E-state index is 0.193. The summed E-state index contributed by atoms with van der Waals surface area (Å²) in [4.78, 5) is 23.4. The van der Waals surface area contributed by atoms with Crippen molar-refractivity contribution in [3.05, 3.63) is 35.6 Å². The van der Waals surface area contributed by atoms with Crippen LogP contribution in [0, 0.1) is 5.82 Å². The molecule has 0 saturated carbocycles. The van der Waals surface area contributed by atoms with Gasteiger partial charge in [-0.3, -0.25) is 9.79 Å². The quantitative estimate of drug-likeness (QED) is 0.812. The largest absolute Gasteiger partial charge is 0.340 e. The lowest BCUT2D eigenvalue weighted by Crippen LogP contribution is -2.43. The maximum absolute atomic E-state index is 13.2. The number of carbonyl (C=O) groups excluding carboxylic acids is 1. The first-order valence-corrected chi connectivity index (χ1v) is 8.78. The smallest absolute Gasteiger partial charge is 0.222 e. The number of rotatable bonds is 5. The van der Waals surface area contributed by atoms with Crippen LogP contribution in [-0.2, 0) is 10.3 Å². The van der Waals surface area contributed by atoms with Crippen molar-refractivity contribution in [3.8, 4) is 0 Å². The van der Waals surface area contributed by atoms with E-state index in [1.807, 2.05) is 4.90 Å². The van der Waals surface area contributed by atoms with E-state index in [9.17, 15) is 9.18 Å². The van der Waals surface area contributed by atoms with Gasteiger partial charge in [0.1, 0.15) is 17.7 Å². The summed E-state index contributed by atoms with van der Waals surface area (Å²) in [5.41, 5.74) is 0.237. The molecule has 1 aromatic carbocycles. The number of hydrogen-bond acceptors (Lipinski definition) is 3. The monoisotopic (exact) mass is 329 g/mol. The topological polar surface area (TPSA) is 45.0 Å². The predicted molar refractivity (Wildman–Crippen MR) is 93.9 cm³/mol. The number of amides is 1. The summed E-state index contributed by atoms with van der Waals surface area (Å²) in [5.74, 6) is -0.0819. The maximum atomic E-state index is 13.2. The molecule has 24 heavy (non-hydrogen) atoms. The van der Waals surface area contributed by atoms with Gasteiger partial charge in [0.05, 0.1) is 0 Å². The van der Waals surface area contributed by atoms with Crippen molar-refractivity contribution in [2.75, 3.05) is 6.54 Å². The fourth-order valence-corrected chi connectivity index (χ4v) is 3.68. The number of benzene rings is 1. The average molecular weight is 329 g/mol. The minimum Gasteiger partial charge on any atom is -0.340 e. The van der Waals surface area contributed by atoms with E-state index in [1.54, 1.807) is 18.3 Å². The summed E-state index contributed by atoms with van der Waals surface area (Å²) in [6.07, 6.45) is 8.68. The molecule has 2 aliphatic heterocycles. The molecule has 5 heteroatoms. The molecular formula is C19H24FN3O. The van der Waals surface area contributed by atoms with Crippen LogP contribution in [0.1, 0.15) is 51.0 Å². The first-order valence-electron chi connectivity index (χ1n) is 8.78. The van der Waals surface area contributed by atoms with E-state index >= 15 is 0 Å². The van der Waals surface area contributed by atoms with Gasteiger partial charge in [-0.15, -0.1) is 0 Å². The highest BCUT2D eigenvalue weighted by Crippen LogP contribution is 2.32. The van der Waals surface area contributed by atoms with Gasteiger partial charge in [0.2, 0.25) is 5.91 Å². The van der Waals surface area contributed by atoms with Gasteiger partial charge in [0, 0.05) is 25.2 Å². The van der Waals surface area contributed by atoms with Crippen molar-refractivity contribution < 1.29 is 9.18 Å². The van der Waals surface area contributed by atoms with E-state index in [2.05, 4.69) is 16.9 Å². The summed E-state index contributed by atoms with van der Waals surface area (Å²) in [6.45, 7) is 3.00. The van der Waals surface area contributed by atoms with Crippen LogP contribution in [-0.4, -0.2) is 35.9 Å². The molecule has 4 nitrogen and oxygen atoms in total. The number of nitrogens with zero attached hydrogens (tertiary/aromatic N) is 3. The molecule has 0 radical (unpaired) electrons. The van der Waals surface area contributed by atoms with Crippen LogP contribution < -0.4 is 0 Å². The molecule has 0 aromatic heterocycles. The maximum Gasteiger partial charge on any atom is 0.222 e. The lowest BCUT2D eigenvalue weighted by Gasteiger charge is -2.36. The molecule has 2 heterocycles. The highest BCUT2D eigenvalue weighted by atomic mass is 19.1. The van der Waals surface area contributed by atoms with Gasteiger partial charge in [0.25, 0.3) is 0 Å². The molecule has 2 unspecified atom stereocenters. The van der Waals surface area contributed by atoms with Crippen LogP contribution >= 0.6 is 0 Å². The number of hydrogen-bond donors (Lipinski definition) is 0. The molecule has 0 aliphatic carbocycles. The van der Waals surface area contributed by atoms with Crippen molar-refractivity contribution >= 4 is 18.5 Å². The summed E-state index contributed by atoms with van der Waals surface area (Å²) < 4.78 is 13.2. The minimum atomic E-state index is -0.638. The van der Waals surface area contributed by atoms with E-state index in [0.717, 1.165) is 31.4 Å². The van der Waals surface area contributed by atoms with Gasteiger partial charge in [-0.1, -0.05) is 19.1 Å². The molecule has 1 amide bonds. The first kappa shape index (κ1) is 16.8. The van der Waals surface area contributed by atoms with Crippen LogP contribution in [0.4, 0.5) is 4.39 Å². The second-order valence-corrected chi connectivity index (χ2v) is 6.60. The van der Waals surface area contributed by atoms with Crippen LogP contribution in [0.25, 0.3) is 0 Å². The molecule has 2 aliphatic rings. The number of piperidine rings is 1. The van der Waals surface area contributed by atoms with Crippen molar-refractivity contribution in [1.82, 2.24) is 4.90 Å². The Balaban J connectivity index is 1.71. The average Bonchev–Trinajstić information content (AvgIpc) is 3.10. The molecular weight excluding hydrogens is 305 g/mol. The lowest BCUT2D eigenvalue weighted by molar-refractivity contribution is -0.135. The molecule has 0 spiro atoms. The Hall–Kier alpha value is -2.04. The SMILES string of the molecule is CCC1CCCCN1C(=O)CCC1(c2ccc(F)cc2)C=NC=N1. The Labute approximate surface area is 142 Å². The van der Waals surface area contributed by atoms with E-state index in [1.165, 1.54) is 24.9 Å². The van der Waals surface area contributed by atoms with E-state index < -0.39 is 5.54 Å². The molecule has 3 rings (SSSR count). The summed E-state index contributed by atoms with van der Waals surface area (Å²) in [5, 5.41) is 0. The van der Waals surface area contributed by atoms with Gasteiger partial charge in [-0.2, -0.15) is 0 Å². The standard InChI is InChI=1S/C19H24FN3O/c1-2-17-5-3-4-12-23(17)18(24)10-11-19(13-21-14-22-19)15-6-8-16(20)9-7-15/h6-9,13-14,17H,2-5,10-12H2,1H3. The molecule has 0 N–H and O–H groups in total. The molecule has 2 atom stereocenters. The van der Waals surface area contributed by atoms with Crippen LogP contribution in [0.3, 0.4) is 0 Å². The third-order valence-electron chi connectivity index (χ3n) is 5.13. The molecule has 1 aromatic rings. The fraction of sp³-hybridized carbons (Fsp3) is 0.526. The molecule has 0 bridgehead atoms. The Morgan fingerprint density at radius 3 is 2.79 bits per heavy atom. The normalized spacial score (nSPS) is 26.1. The van der Waals surface area contributed by atoms with Crippen molar-refractivity contribution in [2.45, 2.75) is 57.0 Å². The Bertz CT molecular complexity index is 627.